The maximum absolute atomic E-state index is 4.19. The molecule has 3 nitrogen and oxygen atoms in total. The summed E-state index contributed by atoms with van der Waals surface area (Å²) in [4.78, 5) is 4.14. The molecule has 2 heterocycles. The molecule has 0 saturated carbocycles. The smallest absolute Gasteiger partial charge is 0.155 e. The number of pyridine rings is 1. The molecule has 0 aliphatic carbocycles. The summed E-state index contributed by atoms with van der Waals surface area (Å²) in [5.41, 5.74) is 2.20. The molecule has 2 rings (SSSR count). The Morgan fingerprint density at radius 2 is 2.00 bits per heavy atom. The monoisotopic (exact) mass is 175 g/mol. The van der Waals surface area contributed by atoms with Crippen LogP contribution in [0.4, 0.5) is 0 Å². The van der Waals surface area contributed by atoms with Gasteiger partial charge in [-0.1, -0.05) is 26.8 Å². The van der Waals surface area contributed by atoms with E-state index in [4.69, 9.17) is 0 Å². The van der Waals surface area contributed by atoms with Crippen LogP contribution in [-0.4, -0.2) is 14.6 Å². The molecule has 0 saturated heterocycles. The molecule has 0 N–H and O–H groups in total. The van der Waals surface area contributed by atoms with E-state index in [2.05, 4.69) is 36.9 Å². The summed E-state index contributed by atoms with van der Waals surface area (Å²) in [6.07, 6.45) is 1.59. The molecule has 0 fully saturated rings. The molecule has 2 aromatic heterocycles. The first kappa shape index (κ1) is 8.23. The molecule has 0 spiro atoms. The fraction of sp³-hybridized carbons (Fsp3) is 0.400. The van der Waals surface area contributed by atoms with Gasteiger partial charge >= 0.3 is 0 Å². The van der Waals surface area contributed by atoms with Gasteiger partial charge < -0.3 is 0 Å². The van der Waals surface area contributed by atoms with E-state index in [-0.39, 0.29) is 5.41 Å². The van der Waals surface area contributed by atoms with E-state index in [0.29, 0.717) is 0 Å². The van der Waals surface area contributed by atoms with E-state index in [0.717, 1.165) is 5.65 Å². The van der Waals surface area contributed by atoms with Gasteiger partial charge in [0, 0.05) is 11.1 Å². The first-order valence-corrected chi connectivity index (χ1v) is 4.38. The molecular weight excluding hydrogens is 162 g/mol. The van der Waals surface area contributed by atoms with Crippen LogP contribution in [0.2, 0.25) is 0 Å². The van der Waals surface area contributed by atoms with Crippen molar-refractivity contribution in [1.82, 2.24) is 14.6 Å². The maximum Gasteiger partial charge on any atom is 0.155 e. The van der Waals surface area contributed by atoms with E-state index < -0.39 is 0 Å². The maximum atomic E-state index is 4.19. The Balaban J connectivity index is 2.75. The lowest BCUT2D eigenvalue weighted by Crippen LogP contribution is -2.16. The average Bonchev–Trinajstić information content (AvgIpc) is 2.48. The lowest BCUT2D eigenvalue weighted by Gasteiger charge is -2.19. The van der Waals surface area contributed by atoms with Crippen LogP contribution in [-0.2, 0) is 5.41 Å². The van der Waals surface area contributed by atoms with Crippen LogP contribution in [0.25, 0.3) is 5.65 Å². The van der Waals surface area contributed by atoms with Crippen molar-refractivity contribution in [3.63, 3.8) is 0 Å². The zero-order chi connectivity index (χ0) is 9.47. The summed E-state index contributed by atoms with van der Waals surface area (Å²) < 4.78 is 1.89. The topological polar surface area (TPSA) is 30.2 Å². The Morgan fingerprint density at radius 1 is 1.23 bits per heavy atom. The molecule has 0 radical (unpaired) electrons. The van der Waals surface area contributed by atoms with E-state index in [1.807, 2.05) is 16.6 Å². The number of fused-ring (bicyclic) bond motifs is 1. The molecule has 0 bridgehead atoms. The Bertz CT molecular complexity index is 423. The van der Waals surface area contributed by atoms with Crippen molar-refractivity contribution in [1.29, 1.82) is 0 Å². The van der Waals surface area contributed by atoms with Crippen molar-refractivity contribution in [3.8, 4) is 0 Å². The number of aromatic nitrogens is 3. The normalized spacial score (nSPS) is 12.2. The van der Waals surface area contributed by atoms with Crippen molar-refractivity contribution in [3.05, 3.63) is 30.2 Å². The molecule has 0 aliphatic rings. The van der Waals surface area contributed by atoms with E-state index in [1.54, 1.807) is 6.33 Å². The van der Waals surface area contributed by atoms with E-state index in [1.165, 1.54) is 5.69 Å². The predicted molar refractivity (Wildman–Crippen MR) is 51.7 cm³/mol. The Labute approximate surface area is 77.4 Å². The van der Waals surface area contributed by atoms with Crippen molar-refractivity contribution in [2.75, 3.05) is 0 Å². The van der Waals surface area contributed by atoms with Gasteiger partial charge in [-0.15, -0.1) is 0 Å². The number of hydrogen-bond acceptors (Lipinski definition) is 2. The van der Waals surface area contributed by atoms with Crippen molar-refractivity contribution in [2.45, 2.75) is 26.2 Å². The largest absolute Gasteiger partial charge is 0.217 e. The molecule has 0 unspecified atom stereocenters. The minimum atomic E-state index is 0.104. The quantitative estimate of drug-likeness (QED) is 0.613. The molecule has 0 aliphatic heterocycles. The number of hydrogen-bond donors (Lipinski definition) is 0. The zero-order valence-corrected chi connectivity index (χ0v) is 8.15. The van der Waals surface area contributed by atoms with Gasteiger partial charge in [-0.25, -0.2) is 9.50 Å². The van der Waals surface area contributed by atoms with Crippen LogP contribution in [0.5, 0.6) is 0 Å². The number of rotatable bonds is 0. The minimum Gasteiger partial charge on any atom is -0.217 e. The summed E-state index contributed by atoms with van der Waals surface area (Å²) in [6.45, 7) is 6.51. The third-order valence-corrected chi connectivity index (χ3v) is 2.07. The van der Waals surface area contributed by atoms with Crippen molar-refractivity contribution >= 4 is 5.65 Å². The minimum absolute atomic E-state index is 0.104. The van der Waals surface area contributed by atoms with Crippen molar-refractivity contribution < 1.29 is 0 Å². The highest BCUT2D eigenvalue weighted by Gasteiger charge is 2.17. The van der Waals surface area contributed by atoms with Crippen LogP contribution in [0.3, 0.4) is 0 Å². The second-order valence-corrected chi connectivity index (χ2v) is 4.19. The summed E-state index contributed by atoms with van der Waals surface area (Å²) in [5, 5.41) is 4.19. The summed E-state index contributed by atoms with van der Waals surface area (Å²) in [6, 6.07) is 6.06. The first-order chi connectivity index (χ1) is 6.09. The van der Waals surface area contributed by atoms with E-state index >= 15 is 0 Å². The summed E-state index contributed by atoms with van der Waals surface area (Å²) in [5.74, 6) is 0. The predicted octanol–water partition coefficient (Wildman–Crippen LogP) is 2.03. The molecule has 0 atom stereocenters. The lowest BCUT2D eigenvalue weighted by molar-refractivity contribution is 0.548. The van der Waals surface area contributed by atoms with Crippen molar-refractivity contribution in [2.24, 2.45) is 0 Å². The highest BCUT2D eigenvalue weighted by Crippen LogP contribution is 2.21. The van der Waals surface area contributed by atoms with Crippen LogP contribution >= 0.6 is 0 Å². The third-order valence-electron chi connectivity index (χ3n) is 2.07. The summed E-state index contributed by atoms with van der Waals surface area (Å²) in [7, 11) is 0. The van der Waals surface area contributed by atoms with Crippen LogP contribution < -0.4 is 0 Å². The fourth-order valence-corrected chi connectivity index (χ4v) is 1.41. The van der Waals surface area contributed by atoms with Gasteiger partial charge in [0.1, 0.15) is 6.33 Å². The highest BCUT2D eigenvalue weighted by molar-refractivity contribution is 5.38. The molecule has 0 amide bonds. The number of nitrogens with zero attached hydrogens (tertiary/aromatic N) is 3. The molecular formula is C10H13N3. The van der Waals surface area contributed by atoms with Gasteiger partial charge in [0.15, 0.2) is 5.65 Å². The molecule has 3 heteroatoms. The Hall–Kier alpha value is -1.38. The third kappa shape index (κ3) is 1.30. The van der Waals surface area contributed by atoms with Gasteiger partial charge in [-0.2, -0.15) is 5.10 Å². The standard InChI is InChI=1S/C10H13N3/c1-10(2,3)8-5-4-6-9-11-7-12-13(8)9/h4-7H,1-3H3. The second kappa shape index (κ2) is 2.55. The fourth-order valence-electron chi connectivity index (χ4n) is 1.41. The SMILES string of the molecule is CC(C)(C)c1cccc2ncnn12. The van der Waals surface area contributed by atoms with Gasteiger partial charge in [-0.3, -0.25) is 0 Å². The van der Waals surface area contributed by atoms with Gasteiger partial charge in [-0.05, 0) is 12.1 Å². The molecule has 68 valence electrons. The van der Waals surface area contributed by atoms with E-state index in [9.17, 15) is 0 Å². The van der Waals surface area contributed by atoms with Gasteiger partial charge in [0.25, 0.3) is 0 Å². The van der Waals surface area contributed by atoms with Crippen LogP contribution in [0.1, 0.15) is 26.5 Å². The van der Waals surface area contributed by atoms with Crippen LogP contribution in [0.15, 0.2) is 24.5 Å². The van der Waals surface area contributed by atoms with Gasteiger partial charge in [0.2, 0.25) is 0 Å². The Kier molecular flexibility index (Phi) is 1.62. The van der Waals surface area contributed by atoms with Crippen LogP contribution in [0, 0.1) is 0 Å². The highest BCUT2D eigenvalue weighted by atomic mass is 15.3. The molecule has 2 aromatic rings. The first-order valence-electron chi connectivity index (χ1n) is 4.38. The summed E-state index contributed by atoms with van der Waals surface area (Å²) >= 11 is 0. The molecule has 13 heavy (non-hydrogen) atoms. The molecule has 0 aromatic carbocycles. The zero-order valence-electron chi connectivity index (χ0n) is 8.15. The lowest BCUT2D eigenvalue weighted by atomic mass is 9.92. The Morgan fingerprint density at radius 3 is 2.69 bits per heavy atom. The average molecular weight is 175 g/mol. The van der Waals surface area contributed by atoms with Gasteiger partial charge in [0.05, 0.1) is 0 Å². The second-order valence-electron chi connectivity index (χ2n) is 4.19.